The number of hydrogen-bond donors (Lipinski definition) is 27. The molecule has 3 aromatic rings. The van der Waals surface area contributed by atoms with Crippen molar-refractivity contribution in [3.63, 3.8) is 0 Å². The molecule has 122 heavy (non-hydrogen) atoms. The van der Waals surface area contributed by atoms with E-state index in [1.165, 1.54) is 24.3 Å². The first-order chi connectivity index (χ1) is 57.4. The first-order valence-corrected chi connectivity index (χ1v) is 38.8. The van der Waals surface area contributed by atoms with Gasteiger partial charge in [0.1, 0.15) is 84.3 Å². The number of guanidine groups is 1. The second-order valence-electron chi connectivity index (χ2n) is 29.5. The zero-order valence-electron chi connectivity index (χ0n) is 67.9. The van der Waals surface area contributed by atoms with Gasteiger partial charge in [-0.2, -0.15) is 0 Å². The molecule has 0 spiro atoms. The molecule has 0 unspecified atom stereocenters. The summed E-state index contributed by atoms with van der Waals surface area (Å²) in [6.45, 7) is 3.54. The van der Waals surface area contributed by atoms with Crippen LogP contribution >= 0.6 is 0 Å². The van der Waals surface area contributed by atoms with Gasteiger partial charge < -0.3 is 138 Å². The first kappa shape index (κ1) is 103. The molecule has 3 aromatic carbocycles. The minimum atomic E-state index is -2.12. The maximum absolute atomic E-state index is 14.9. The van der Waals surface area contributed by atoms with E-state index in [1.54, 1.807) is 88.4 Å². The number of nitrogens with two attached hydrogens (primary N) is 4. The molecule has 672 valence electrons. The van der Waals surface area contributed by atoms with Crippen LogP contribution in [0.3, 0.4) is 0 Å². The Morgan fingerprint density at radius 2 is 0.680 bits per heavy atom. The van der Waals surface area contributed by atoms with E-state index in [1.807, 2.05) is 10.6 Å². The van der Waals surface area contributed by atoms with Gasteiger partial charge in [0.25, 0.3) is 0 Å². The summed E-state index contributed by atoms with van der Waals surface area (Å²) in [7, 11) is 0. The fourth-order valence-electron chi connectivity index (χ4n) is 11.8. The Bertz CT molecular complexity index is 4090. The van der Waals surface area contributed by atoms with Crippen molar-refractivity contribution in [3.05, 3.63) is 102 Å². The molecular formula is C77H113N19O26. The second-order valence-corrected chi connectivity index (χ2v) is 29.5. The monoisotopic (exact) mass is 1720 g/mol. The van der Waals surface area contributed by atoms with Gasteiger partial charge in [0.2, 0.25) is 88.6 Å². The highest BCUT2D eigenvalue weighted by molar-refractivity contribution is 6.01. The van der Waals surface area contributed by atoms with Gasteiger partial charge in [0.05, 0.1) is 38.4 Å². The zero-order chi connectivity index (χ0) is 91.6. The lowest BCUT2D eigenvalue weighted by molar-refractivity contribution is -0.143. The average Bonchev–Trinajstić information content (AvgIpc) is 0.850. The summed E-state index contributed by atoms with van der Waals surface area (Å²) >= 11 is 0. The van der Waals surface area contributed by atoms with Crippen molar-refractivity contribution in [2.45, 2.75) is 215 Å². The van der Waals surface area contributed by atoms with Crippen molar-refractivity contribution in [2.75, 3.05) is 26.4 Å². The molecule has 0 aromatic heterocycles. The van der Waals surface area contributed by atoms with Crippen LogP contribution in [0.1, 0.15) is 122 Å². The van der Waals surface area contributed by atoms with E-state index < -0.39 is 287 Å². The largest absolute Gasteiger partial charge is 0.508 e. The predicted octanol–water partition coefficient (Wildman–Crippen LogP) is -8.28. The Labute approximate surface area is 700 Å². The highest BCUT2D eigenvalue weighted by atomic mass is 16.4. The molecule has 0 saturated carbocycles. The van der Waals surface area contributed by atoms with Crippen LogP contribution in [0.4, 0.5) is 0 Å². The lowest BCUT2D eigenvalue weighted by atomic mass is 9.99. The van der Waals surface area contributed by atoms with Gasteiger partial charge in [-0.05, 0) is 98.9 Å². The summed E-state index contributed by atoms with van der Waals surface area (Å²) in [6, 6.07) is -3.01. The number of hydrogen-bond acceptors (Lipinski definition) is 25. The number of aliphatic hydroxyl groups is 4. The van der Waals surface area contributed by atoms with Crippen LogP contribution in [0.15, 0.2) is 84.9 Å². The lowest BCUT2D eigenvalue weighted by Crippen LogP contribution is -2.63. The minimum absolute atomic E-state index is 0.0545. The van der Waals surface area contributed by atoms with Gasteiger partial charge in [0.15, 0.2) is 5.96 Å². The summed E-state index contributed by atoms with van der Waals surface area (Å²) in [5, 5.41) is 121. The van der Waals surface area contributed by atoms with Crippen molar-refractivity contribution in [2.24, 2.45) is 34.8 Å². The number of aliphatic hydroxyl groups excluding tert-OH is 4. The summed E-state index contributed by atoms with van der Waals surface area (Å²) in [6.07, 6.45) is -8.51. The summed E-state index contributed by atoms with van der Waals surface area (Å²) in [5.41, 5.74) is 23.9. The topological polar surface area (TPSA) is 765 Å². The minimum Gasteiger partial charge on any atom is -0.508 e. The number of aliphatic carboxylic acids is 3. The van der Waals surface area contributed by atoms with Gasteiger partial charge in [-0.3, -0.25) is 86.9 Å². The number of rotatable bonds is 56. The summed E-state index contributed by atoms with van der Waals surface area (Å²) in [4.78, 5) is 243. The molecule has 3 rings (SSSR count). The first-order valence-electron chi connectivity index (χ1n) is 38.8. The van der Waals surface area contributed by atoms with Crippen LogP contribution in [0.25, 0.3) is 0 Å². The molecule has 0 fully saturated rings. The molecule has 0 heterocycles. The van der Waals surface area contributed by atoms with E-state index in [4.69, 9.17) is 28.3 Å². The van der Waals surface area contributed by atoms with Gasteiger partial charge in [-0.1, -0.05) is 100 Å². The molecule has 0 aliphatic heterocycles. The number of aromatic hydroxyl groups is 1. The summed E-state index contributed by atoms with van der Waals surface area (Å²) in [5.74, 6) is -24.0. The fourth-order valence-corrected chi connectivity index (χ4v) is 11.8. The summed E-state index contributed by atoms with van der Waals surface area (Å²) < 4.78 is 0. The third kappa shape index (κ3) is 38.4. The predicted molar refractivity (Wildman–Crippen MR) is 430 cm³/mol. The molecule has 0 radical (unpaired) electrons. The number of carboxylic acids is 3. The fraction of sp³-hybridized carbons (Fsp3) is 0.519. The highest BCUT2D eigenvalue weighted by Crippen LogP contribution is 2.17. The third-order valence-corrected chi connectivity index (χ3v) is 18.3. The number of benzene rings is 3. The van der Waals surface area contributed by atoms with Gasteiger partial charge in [0, 0.05) is 38.6 Å². The second kappa shape index (κ2) is 52.8. The highest BCUT2D eigenvalue weighted by Gasteiger charge is 2.40. The van der Waals surface area contributed by atoms with Gasteiger partial charge in [-0.15, -0.1) is 0 Å². The van der Waals surface area contributed by atoms with Crippen LogP contribution in [0, 0.1) is 17.2 Å². The number of nitrogens with one attached hydrogen (secondary N) is 15. The molecule has 0 saturated heterocycles. The van der Waals surface area contributed by atoms with E-state index in [0.717, 1.165) is 6.92 Å². The normalized spacial score (nSPS) is 14.8. The number of carbonyl (C=O) groups is 18. The molecule has 0 bridgehead atoms. The van der Waals surface area contributed by atoms with Crippen molar-refractivity contribution in [1.82, 2.24) is 74.4 Å². The standard InChI is InChI=1S/C77H113N19O26/c1-38(2)29-50(89-65(110)49(24-27-61(106)107)85-64(109)48(23-26-60(104)105)86-69(114)51(32-42-15-10-7-11-16-42)88-63(108)45(78)31-41-13-8-6-9-14-41)68(113)90-52(33-43-18-20-44(101)21-19-43)70(115)84-46(17-12-28-83-77(81)82)67(112)96-62(40(5)100)75(120)87-47(22-25-58(79)102)66(111)93-56(36-98)73(118)95-57(37-99)74(119)94-55(35-97)72(117)91-53(34-59(80)103)71(116)92-54(76(121)122)30-39(3)4/h6-11,13-16,18-21,38-40,45-57,62,97-101H,12,17,22-37,78H2,1-5H3,(H2,79,102)(H2,80,103)(H,84,115)(H,85,109)(H,86,114)(H,87,120)(H,88,108)(H,89,110)(H,90,113)(H,91,117)(H,92,116)(H,93,111)(H,94,119)(H,95,118)(H,96,112)(H,104,105)(H,106,107)(H,121,122)(H4,81,82,83)/t40-,45+,46+,47+,48+,49+,50+,51+,52+,53+,54+,55+,56+,57+,62+/m1/s1. The van der Waals surface area contributed by atoms with E-state index in [0.29, 0.717) is 11.1 Å². The molecule has 0 aliphatic rings. The maximum Gasteiger partial charge on any atom is 0.326 e. The Kier molecular flexibility index (Phi) is 44.7. The van der Waals surface area contributed by atoms with E-state index in [-0.39, 0.29) is 55.9 Å². The molecule has 0 aliphatic carbocycles. The smallest absolute Gasteiger partial charge is 0.326 e. The van der Waals surface area contributed by atoms with E-state index in [9.17, 15) is 127 Å². The number of phenolic OH excluding ortho intramolecular Hbond substituents is 1. The van der Waals surface area contributed by atoms with Gasteiger partial charge >= 0.3 is 17.9 Å². The van der Waals surface area contributed by atoms with Crippen LogP contribution in [0.5, 0.6) is 5.75 Å². The SMILES string of the molecule is CC(C)C[C@H](NC(=O)[C@H](CC(N)=O)NC(=O)[C@H](CO)NC(=O)[C@H](CO)NC(=O)[C@H](CO)NC(=O)[C@H](CCC(N)=O)NC(=O)[C@@H](NC(=O)[C@H](CCCNC(=N)N)NC(=O)[C@H](Cc1ccc(O)cc1)NC(=O)[C@H](CC(C)C)NC(=O)[C@H](CCC(=O)O)NC(=O)[C@H](CCC(=O)O)NC(=O)[C@H](Cc1ccccc1)NC(=O)[C@@H](N)Cc1ccccc1)[C@@H](C)O)C(=O)O. The Morgan fingerprint density at radius 3 is 1.07 bits per heavy atom. The van der Waals surface area contributed by atoms with Crippen molar-refractivity contribution in [1.29, 1.82) is 5.41 Å². The average molecular weight is 1720 g/mol. The lowest BCUT2D eigenvalue weighted by Gasteiger charge is -2.29. The molecular weight excluding hydrogens is 1610 g/mol. The molecule has 15 atom stereocenters. The molecule has 31 N–H and O–H groups in total. The van der Waals surface area contributed by atoms with Crippen molar-refractivity contribution < 1.29 is 127 Å². The molecule has 45 nitrogen and oxygen atoms in total. The molecule has 15 amide bonds. The number of phenols is 1. The zero-order valence-corrected chi connectivity index (χ0v) is 67.9. The number of amides is 15. The van der Waals surface area contributed by atoms with E-state index >= 15 is 0 Å². The maximum atomic E-state index is 14.9. The van der Waals surface area contributed by atoms with Crippen LogP contribution < -0.4 is 97.4 Å². The Morgan fingerprint density at radius 1 is 0.361 bits per heavy atom. The Hall–Kier alpha value is -13.0. The van der Waals surface area contributed by atoms with Crippen molar-refractivity contribution in [3.8, 4) is 5.75 Å². The van der Waals surface area contributed by atoms with Crippen molar-refractivity contribution >= 4 is 112 Å². The Balaban J connectivity index is 1.98. The van der Waals surface area contributed by atoms with Crippen LogP contribution in [0.2, 0.25) is 0 Å². The van der Waals surface area contributed by atoms with E-state index in [2.05, 4.69) is 63.8 Å². The molecule has 45 heteroatoms. The van der Waals surface area contributed by atoms with Gasteiger partial charge in [-0.25, -0.2) is 4.79 Å². The van der Waals surface area contributed by atoms with Crippen LogP contribution in [-0.4, -0.2) is 270 Å². The number of carboxylic acid groups (broad SMARTS) is 3. The quantitative estimate of drug-likeness (QED) is 0.0142. The third-order valence-electron chi connectivity index (χ3n) is 18.3. The number of primary amides is 2. The van der Waals surface area contributed by atoms with Crippen LogP contribution in [-0.2, 0) is 106 Å². The number of carbonyl (C=O) groups excluding carboxylic acids is 15.